The van der Waals surface area contributed by atoms with Crippen LogP contribution in [0.25, 0.3) is 33.2 Å². The van der Waals surface area contributed by atoms with Crippen LogP contribution in [-0.4, -0.2) is 37.7 Å². The first kappa shape index (κ1) is 23.9. The number of hydrogen-bond donors (Lipinski definition) is 1. The molecule has 0 aliphatic carbocycles. The summed E-state index contributed by atoms with van der Waals surface area (Å²) >= 11 is 0. The highest BCUT2D eigenvalue weighted by atomic mass is 16.5. The fourth-order valence-corrected chi connectivity index (χ4v) is 5.99. The van der Waals surface area contributed by atoms with Crippen molar-refractivity contribution < 1.29 is 9.84 Å². The molecule has 6 nitrogen and oxygen atoms in total. The summed E-state index contributed by atoms with van der Waals surface area (Å²) in [6, 6.07) is 19.5. The SMILES string of the molecule is Cc1cnn(C)c1-c1cnc2c3ccc(C(C)(C)O)cc3n([C@H](c3ccccc3)C3CCOCC3)c2c1. The summed E-state index contributed by atoms with van der Waals surface area (Å²) in [6.45, 7) is 7.33. The quantitative estimate of drug-likeness (QED) is 0.319. The molecule has 0 radical (unpaired) electrons. The normalized spacial score (nSPS) is 16.0. The largest absolute Gasteiger partial charge is 0.386 e. The maximum Gasteiger partial charge on any atom is 0.0960 e. The number of fused-ring (bicyclic) bond motifs is 3. The average molecular weight is 495 g/mol. The summed E-state index contributed by atoms with van der Waals surface area (Å²) in [5.74, 6) is 0.419. The molecule has 1 aliphatic rings. The minimum atomic E-state index is -0.944. The first-order valence-electron chi connectivity index (χ1n) is 13.1. The Morgan fingerprint density at radius 1 is 1.00 bits per heavy atom. The topological polar surface area (TPSA) is 65.1 Å². The zero-order valence-electron chi connectivity index (χ0n) is 22.0. The summed E-state index contributed by atoms with van der Waals surface area (Å²) in [5.41, 5.74) is 7.66. The number of rotatable bonds is 5. The minimum absolute atomic E-state index is 0.117. The highest BCUT2D eigenvalue weighted by Crippen LogP contribution is 2.42. The lowest BCUT2D eigenvalue weighted by Gasteiger charge is -2.33. The van der Waals surface area contributed by atoms with E-state index in [1.54, 1.807) is 0 Å². The molecule has 1 fully saturated rings. The minimum Gasteiger partial charge on any atom is -0.386 e. The lowest BCUT2D eigenvalue weighted by molar-refractivity contribution is 0.0552. The molecule has 1 aliphatic heterocycles. The van der Waals surface area contributed by atoms with Gasteiger partial charge in [-0.05, 0) is 68.4 Å². The van der Waals surface area contributed by atoms with Gasteiger partial charge in [0.1, 0.15) is 0 Å². The number of aliphatic hydroxyl groups is 1. The van der Waals surface area contributed by atoms with Gasteiger partial charge in [0.25, 0.3) is 0 Å². The van der Waals surface area contributed by atoms with Gasteiger partial charge in [-0.25, -0.2) is 0 Å². The van der Waals surface area contributed by atoms with Gasteiger partial charge in [-0.15, -0.1) is 0 Å². The van der Waals surface area contributed by atoms with Gasteiger partial charge in [-0.3, -0.25) is 9.67 Å². The number of pyridine rings is 1. The standard InChI is InChI=1S/C31H34N4O2/c1-20-18-33-34(4)29(20)23-16-27-28(32-19-23)25-11-10-24(31(2,3)36)17-26(25)35(27)30(21-8-6-5-7-9-21)22-12-14-37-15-13-22/h5-11,16-19,22,30,36H,12-15H2,1-4H3/t30-/m1/s1. The molecule has 0 saturated carbocycles. The molecule has 190 valence electrons. The van der Waals surface area contributed by atoms with Crippen molar-refractivity contribution in [2.75, 3.05) is 13.2 Å². The van der Waals surface area contributed by atoms with Gasteiger partial charge in [-0.2, -0.15) is 5.10 Å². The van der Waals surface area contributed by atoms with E-state index in [1.165, 1.54) is 5.56 Å². The fraction of sp³-hybridized carbons (Fsp3) is 0.355. The number of ether oxygens (including phenoxy) is 1. The van der Waals surface area contributed by atoms with Crippen LogP contribution in [0.3, 0.4) is 0 Å². The smallest absolute Gasteiger partial charge is 0.0960 e. The summed E-state index contributed by atoms with van der Waals surface area (Å²) in [4.78, 5) is 5.03. The van der Waals surface area contributed by atoms with E-state index in [1.807, 2.05) is 44.0 Å². The molecular weight excluding hydrogens is 460 g/mol. The van der Waals surface area contributed by atoms with E-state index < -0.39 is 5.60 Å². The molecule has 1 atom stereocenters. The number of aromatic nitrogens is 4. The van der Waals surface area contributed by atoms with Gasteiger partial charge in [-0.1, -0.05) is 42.5 Å². The number of benzene rings is 2. The molecule has 3 aromatic heterocycles. The van der Waals surface area contributed by atoms with Crippen molar-refractivity contribution in [1.82, 2.24) is 19.3 Å². The van der Waals surface area contributed by atoms with Crippen molar-refractivity contribution in [1.29, 1.82) is 0 Å². The van der Waals surface area contributed by atoms with Crippen molar-refractivity contribution >= 4 is 21.9 Å². The summed E-state index contributed by atoms with van der Waals surface area (Å²) in [6.07, 6.45) is 5.87. The van der Waals surface area contributed by atoms with Gasteiger partial charge < -0.3 is 14.4 Å². The zero-order chi connectivity index (χ0) is 25.7. The Labute approximate surface area is 217 Å². The molecular formula is C31H34N4O2. The maximum absolute atomic E-state index is 10.9. The molecule has 0 amide bonds. The van der Waals surface area contributed by atoms with Gasteiger partial charge in [0.2, 0.25) is 0 Å². The fourth-order valence-electron chi connectivity index (χ4n) is 5.99. The van der Waals surface area contributed by atoms with Gasteiger partial charge in [0, 0.05) is 37.4 Å². The molecule has 37 heavy (non-hydrogen) atoms. The zero-order valence-corrected chi connectivity index (χ0v) is 22.0. The van der Waals surface area contributed by atoms with E-state index in [-0.39, 0.29) is 6.04 Å². The average Bonchev–Trinajstić information content (AvgIpc) is 3.40. The second-order valence-electron chi connectivity index (χ2n) is 10.9. The van der Waals surface area contributed by atoms with Crippen molar-refractivity contribution in [2.24, 2.45) is 13.0 Å². The molecule has 6 heteroatoms. The van der Waals surface area contributed by atoms with E-state index in [9.17, 15) is 5.11 Å². The van der Waals surface area contributed by atoms with Gasteiger partial charge >= 0.3 is 0 Å². The van der Waals surface area contributed by atoms with Crippen LogP contribution in [-0.2, 0) is 17.4 Å². The third-order valence-corrected chi connectivity index (χ3v) is 7.87. The van der Waals surface area contributed by atoms with Crippen LogP contribution in [0, 0.1) is 12.8 Å². The monoisotopic (exact) mass is 494 g/mol. The van der Waals surface area contributed by atoms with Crippen LogP contribution in [0.15, 0.2) is 67.0 Å². The molecule has 6 rings (SSSR count). The Morgan fingerprint density at radius 3 is 2.43 bits per heavy atom. The van der Waals surface area contributed by atoms with Crippen LogP contribution < -0.4 is 0 Å². The predicted octanol–water partition coefficient (Wildman–Crippen LogP) is 6.14. The third-order valence-electron chi connectivity index (χ3n) is 7.87. The Hall–Kier alpha value is -3.48. The molecule has 0 spiro atoms. The van der Waals surface area contributed by atoms with Crippen molar-refractivity contribution in [2.45, 2.75) is 45.3 Å². The van der Waals surface area contributed by atoms with Crippen LogP contribution in [0.4, 0.5) is 0 Å². The lowest BCUT2D eigenvalue weighted by atomic mass is 9.86. The van der Waals surface area contributed by atoms with Crippen LogP contribution in [0.5, 0.6) is 0 Å². The molecule has 0 bridgehead atoms. The van der Waals surface area contributed by atoms with Crippen LogP contribution >= 0.6 is 0 Å². The Balaban J connectivity index is 1.69. The van der Waals surface area contributed by atoms with E-state index in [0.29, 0.717) is 5.92 Å². The molecule has 2 aromatic carbocycles. The van der Waals surface area contributed by atoms with Crippen LogP contribution in [0.1, 0.15) is 49.4 Å². The number of hydrogen-bond acceptors (Lipinski definition) is 4. The first-order valence-corrected chi connectivity index (χ1v) is 13.1. The van der Waals surface area contributed by atoms with E-state index in [2.05, 4.69) is 65.1 Å². The van der Waals surface area contributed by atoms with E-state index in [0.717, 1.165) is 70.4 Å². The number of nitrogens with zero attached hydrogens (tertiary/aromatic N) is 4. The molecule has 1 N–H and O–H groups in total. The lowest BCUT2D eigenvalue weighted by Crippen LogP contribution is -2.27. The summed E-state index contributed by atoms with van der Waals surface area (Å²) < 4.78 is 10.2. The molecule has 5 aromatic rings. The van der Waals surface area contributed by atoms with Crippen LogP contribution in [0.2, 0.25) is 0 Å². The van der Waals surface area contributed by atoms with Crippen molar-refractivity contribution in [3.63, 3.8) is 0 Å². The maximum atomic E-state index is 10.9. The Kier molecular flexibility index (Phi) is 5.89. The number of aryl methyl sites for hydroxylation is 2. The molecule has 4 heterocycles. The van der Waals surface area contributed by atoms with E-state index >= 15 is 0 Å². The third kappa shape index (κ3) is 4.14. The molecule has 0 unspecified atom stereocenters. The second-order valence-corrected chi connectivity index (χ2v) is 10.9. The van der Waals surface area contributed by atoms with Crippen molar-refractivity contribution in [3.8, 4) is 11.3 Å². The Bertz CT molecular complexity index is 1550. The second kappa shape index (κ2) is 9.12. The summed E-state index contributed by atoms with van der Waals surface area (Å²) in [7, 11) is 1.98. The predicted molar refractivity (Wildman–Crippen MR) is 148 cm³/mol. The highest BCUT2D eigenvalue weighted by molar-refractivity contribution is 6.07. The first-order chi connectivity index (χ1) is 17.8. The van der Waals surface area contributed by atoms with Gasteiger partial charge in [0.15, 0.2) is 0 Å². The van der Waals surface area contributed by atoms with Crippen molar-refractivity contribution in [3.05, 3.63) is 83.7 Å². The Morgan fingerprint density at radius 2 is 1.76 bits per heavy atom. The van der Waals surface area contributed by atoms with E-state index in [4.69, 9.17) is 9.72 Å². The highest BCUT2D eigenvalue weighted by Gasteiger charge is 2.31. The van der Waals surface area contributed by atoms with Gasteiger partial charge in [0.05, 0.1) is 40.1 Å². The summed E-state index contributed by atoms with van der Waals surface area (Å²) in [5, 5.41) is 16.5. The molecule has 1 saturated heterocycles.